The molecule has 2 rings (SSSR count). The molecule has 1 aliphatic heterocycles. The molecule has 1 aliphatic rings. The predicted octanol–water partition coefficient (Wildman–Crippen LogP) is 0.576. The van der Waals surface area contributed by atoms with Crippen LogP contribution < -0.4 is 10.6 Å². The Morgan fingerprint density at radius 2 is 2.56 bits per heavy atom. The van der Waals surface area contributed by atoms with E-state index in [0.717, 1.165) is 37.6 Å². The van der Waals surface area contributed by atoms with Gasteiger partial charge < -0.3 is 10.6 Å². The van der Waals surface area contributed by atoms with Crippen LogP contribution in [0, 0.1) is 12.8 Å². The molecule has 1 aromatic heterocycles. The summed E-state index contributed by atoms with van der Waals surface area (Å²) in [6.45, 7) is 4.73. The molecule has 1 atom stereocenters. The lowest BCUT2D eigenvalue weighted by Gasteiger charge is -2.08. The molecule has 0 aliphatic carbocycles. The zero-order valence-electron chi connectivity index (χ0n) is 9.32. The van der Waals surface area contributed by atoms with E-state index in [4.69, 9.17) is 0 Å². The number of rotatable bonds is 4. The van der Waals surface area contributed by atoms with E-state index in [2.05, 4.69) is 20.2 Å². The first-order chi connectivity index (χ1) is 7.77. The molecule has 2 heterocycles. The number of hydrogen-bond donors (Lipinski definition) is 2. The normalized spacial score (nSPS) is 19.9. The van der Waals surface area contributed by atoms with Gasteiger partial charge in [0.1, 0.15) is 4.88 Å². The van der Waals surface area contributed by atoms with Gasteiger partial charge in [-0.05, 0) is 50.3 Å². The van der Waals surface area contributed by atoms with Crippen molar-refractivity contribution in [2.75, 3.05) is 19.6 Å². The smallest absolute Gasteiger partial charge is 0.264 e. The number of carbonyl (C=O) groups is 1. The first-order valence-corrected chi connectivity index (χ1v) is 6.32. The highest BCUT2D eigenvalue weighted by Crippen LogP contribution is 2.12. The van der Waals surface area contributed by atoms with Gasteiger partial charge in [-0.2, -0.15) is 0 Å². The molecule has 0 saturated carbocycles. The second-order valence-electron chi connectivity index (χ2n) is 4.09. The molecule has 0 spiro atoms. The van der Waals surface area contributed by atoms with Crippen LogP contribution in [0.3, 0.4) is 0 Å². The minimum atomic E-state index is -0.0431. The van der Waals surface area contributed by atoms with Crippen molar-refractivity contribution in [3.63, 3.8) is 0 Å². The highest BCUT2D eigenvalue weighted by atomic mass is 32.1. The fraction of sp³-hybridized carbons (Fsp3) is 0.700. The molecule has 5 nitrogen and oxygen atoms in total. The molecule has 1 unspecified atom stereocenters. The average molecular weight is 240 g/mol. The number of hydrogen-bond acceptors (Lipinski definition) is 5. The van der Waals surface area contributed by atoms with Gasteiger partial charge in [-0.25, -0.2) is 0 Å². The molecule has 0 aromatic carbocycles. The second-order valence-corrected chi connectivity index (χ2v) is 4.84. The Morgan fingerprint density at radius 1 is 1.69 bits per heavy atom. The molecule has 2 N–H and O–H groups in total. The van der Waals surface area contributed by atoms with Crippen LogP contribution >= 0.6 is 11.5 Å². The number of aromatic nitrogens is 2. The predicted molar refractivity (Wildman–Crippen MR) is 62.6 cm³/mol. The SMILES string of the molecule is Cc1nnsc1C(=O)NCCC1CCNC1. The van der Waals surface area contributed by atoms with Crippen molar-refractivity contribution in [1.29, 1.82) is 0 Å². The Labute approximate surface area is 98.8 Å². The van der Waals surface area contributed by atoms with Gasteiger partial charge in [-0.15, -0.1) is 5.10 Å². The zero-order chi connectivity index (χ0) is 11.4. The summed E-state index contributed by atoms with van der Waals surface area (Å²) in [5, 5.41) is 10.1. The van der Waals surface area contributed by atoms with Crippen LogP contribution in [0.25, 0.3) is 0 Å². The van der Waals surface area contributed by atoms with Crippen molar-refractivity contribution in [3.05, 3.63) is 10.6 Å². The van der Waals surface area contributed by atoms with E-state index in [-0.39, 0.29) is 5.91 Å². The van der Waals surface area contributed by atoms with E-state index in [9.17, 15) is 4.79 Å². The summed E-state index contributed by atoms with van der Waals surface area (Å²) in [4.78, 5) is 12.3. The van der Waals surface area contributed by atoms with E-state index in [1.807, 2.05) is 0 Å². The molecule has 0 bridgehead atoms. The van der Waals surface area contributed by atoms with Gasteiger partial charge in [0, 0.05) is 6.54 Å². The Morgan fingerprint density at radius 3 is 3.19 bits per heavy atom. The molecule has 1 amide bonds. The summed E-state index contributed by atoms with van der Waals surface area (Å²) in [6.07, 6.45) is 2.26. The van der Waals surface area contributed by atoms with Gasteiger partial charge in [0.15, 0.2) is 0 Å². The van der Waals surface area contributed by atoms with Crippen molar-refractivity contribution in [3.8, 4) is 0 Å². The molecular formula is C10H16N4OS. The molecule has 88 valence electrons. The van der Waals surface area contributed by atoms with Crippen LogP contribution in [-0.2, 0) is 0 Å². The minimum Gasteiger partial charge on any atom is -0.351 e. The molecule has 1 saturated heterocycles. The maximum absolute atomic E-state index is 11.7. The lowest BCUT2D eigenvalue weighted by molar-refractivity contribution is 0.0955. The summed E-state index contributed by atoms with van der Waals surface area (Å²) >= 11 is 1.15. The molecule has 6 heteroatoms. The third-order valence-electron chi connectivity index (χ3n) is 2.86. The van der Waals surface area contributed by atoms with Crippen LogP contribution in [0.5, 0.6) is 0 Å². The second kappa shape index (κ2) is 5.36. The van der Waals surface area contributed by atoms with E-state index in [1.54, 1.807) is 6.92 Å². The van der Waals surface area contributed by atoms with Crippen molar-refractivity contribution in [2.24, 2.45) is 5.92 Å². The maximum Gasteiger partial charge on any atom is 0.264 e. The first-order valence-electron chi connectivity index (χ1n) is 5.55. The van der Waals surface area contributed by atoms with Gasteiger partial charge in [0.05, 0.1) is 5.69 Å². The molecule has 0 radical (unpaired) electrons. The summed E-state index contributed by atoms with van der Waals surface area (Å²) in [5.41, 5.74) is 0.713. The Kier molecular flexibility index (Phi) is 3.84. The molecule has 16 heavy (non-hydrogen) atoms. The van der Waals surface area contributed by atoms with Crippen molar-refractivity contribution >= 4 is 17.4 Å². The summed E-state index contributed by atoms with van der Waals surface area (Å²) in [5.74, 6) is 0.666. The van der Waals surface area contributed by atoms with Gasteiger partial charge in [0.2, 0.25) is 0 Å². The van der Waals surface area contributed by atoms with Crippen LogP contribution in [0.15, 0.2) is 0 Å². The number of aryl methyl sites for hydroxylation is 1. The third-order valence-corrected chi connectivity index (χ3v) is 3.68. The monoisotopic (exact) mass is 240 g/mol. The molecule has 1 fully saturated rings. The number of carbonyl (C=O) groups excluding carboxylic acids is 1. The number of nitrogens with one attached hydrogen (secondary N) is 2. The van der Waals surface area contributed by atoms with Crippen LogP contribution in [0.2, 0.25) is 0 Å². The summed E-state index contributed by atoms with van der Waals surface area (Å²) in [7, 11) is 0. The standard InChI is InChI=1S/C10H16N4OS/c1-7-9(16-14-13-7)10(15)12-5-3-8-2-4-11-6-8/h8,11H,2-6H2,1H3,(H,12,15). The van der Waals surface area contributed by atoms with E-state index in [1.165, 1.54) is 6.42 Å². The van der Waals surface area contributed by atoms with Gasteiger partial charge >= 0.3 is 0 Å². The van der Waals surface area contributed by atoms with Crippen molar-refractivity contribution < 1.29 is 4.79 Å². The van der Waals surface area contributed by atoms with Gasteiger partial charge in [-0.3, -0.25) is 4.79 Å². The van der Waals surface area contributed by atoms with Gasteiger partial charge in [-0.1, -0.05) is 4.49 Å². The maximum atomic E-state index is 11.7. The lowest BCUT2D eigenvalue weighted by atomic mass is 10.1. The topological polar surface area (TPSA) is 66.9 Å². The lowest BCUT2D eigenvalue weighted by Crippen LogP contribution is -2.26. The van der Waals surface area contributed by atoms with Crippen LogP contribution in [-0.4, -0.2) is 35.1 Å². The average Bonchev–Trinajstić information content (AvgIpc) is 2.88. The highest BCUT2D eigenvalue weighted by Gasteiger charge is 2.16. The quantitative estimate of drug-likeness (QED) is 0.807. The summed E-state index contributed by atoms with van der Waals surface area (Å²) < 4.78 is 3.75. The van der Waals surface area contributed by atoms with Crippen LogP contribution in [0.1, 0.15) is 28.2 Å². The first kappa shape index (κ1) is 11.5. The number of nitrogens with zero attached hydrogens (tertiary/aromatic N) is 2. The largest absolute Gasteiger partial charge is 0.351 e. The van der Waals surface area contributed by atoms with Crippen molar-refractivity contribution in [2.45, 2.75) is 19.8 Å². The Bertz CT molecular complexity index is 359. The minimum absolute atomic E-state index is 0.0431. The zero-order valence-corrected chi connectivity index (χ0v) is 10.1. The molecular weight excluding hydrogens is 224 g/mol. The van der Waals surface area contributed by atoms with Gasteiger partial charge in [0.25, 0.3) is 5.91 Å². The van der Waals surface area contributed by atoms with Crippen molar-refractivity contribution in [1.82, 2.24) is 20.2 Å². The fourth-order valence-corrected chi connectivity index (χ4v) is 2.44. The fourth-order valence-electron chi connectivity index (χ4n) is 1.87. The summed E-state index contributed by atoms with van der Waals surface area (Å²) in [6, 6.07) is 0. The van der Waals surface area contributed by atoms with E-state index in [0.29, 0.717) is 16.5 Å². The van der Waals surface area contributed by atoms with E-state index >= 15 is 0 Å². The van der Waals surface area contributed by atoms with Crippen LogP contribution in [0.4, 0.5) is 0 Å². The Hall–Kier alpha value is -1.01. The highest BCUT2D eigenvalue weighted by molar-refractivity contribution is 7.07. The molecule has 1 aromatic rings. The number of amides is 1. The van der Waals surface area contributed by atoms with E-state index < -0.39 is 0 Å². The third kappa shape index (κ3) is 2.76. The Balaban J connectivity index is 1.73.